The lowest BCUT2D eigenvalue weighted by molar-refractivity contribution is 0.0580. The van der Waals surface area contributed by atoms with Gasteiger partial charge in [-0.05, 0) is 24.8 Å². The van der Waals surface area contributed by atoms with Crippen molar-refractivity contribution in [3.8, 4) is 5.75 Å². The fraction of sp³-hybridized carbons (Fsp3) is 0.538. The van der Waals surface area contributed by atoms with E-state index in [1.807, 2.05) is 6.07 Å². The average molecular weight is 239 g/mol. The molecule has 1 aliphatic rings. The molecule has 1 atom stereocenters. The Kier molecular flexibility index (Phi) is 3.97. The van der Waals surface area contributed by atoms with E-state index in [1.165, 1.54) is 13.2 Å². The lowest BCUT2D eigenvalue weighted by Gasteiger charge is -2.28. The SMILES string of the molecule is COc1c(F)cccc1[C@H](N)C1CCOCC1. The zero-order valence-corrected chi connectivity index (χ0v) is 9.99. The summed E-state index contributed by atoms with van der Waals surface area (Å²) in [6, 6.07) is 4.71. The van der Waals surface area contributed by atoms with Crippen molar-refractivity contribution in [1.29, 1.82) is 0 Å². The lowest BCUT2D eigenvalue weighted by atomic mass is 9.87. The summed E-state index contributed by atoms with van der Waals surface area (Å²) >= 11 is 0. The molecule has 1 aromatic rings. The van der Waals surface area contributed by atoms with Gasteiger partial charge in [-0.3, -0.25) is 0 Å². The van der Waals surface area contributed by atoms with Gasteiger partial charge in [-0.15, -0.1) is 0 Å². The van der Waals surface area contributed by atoms with Crippen LogP contribution in [-0.2, 0) is 4.74 Å². The number of para-hydroxylation sites is 1. The quantitative estimate of drug-likeness (QED) is 0.880. The van der Waals surface area contributed by atoms with Crippen molar-refractivity contribution in [3.63, 3.8) is 0 Å². The van der Waals surface area contributed by atoms with Crippen LogP contribution >= 0.6 is 0 Å². The first-order valence-electron chi connectivity index (χ1n) is 5.89. The van der Waals surface area contributed by atoms with Crippen LogP contribution in [0, 0.1) is 11.7 Å². The summed E-state index contributed by atoms with van der Waals surface area (Å²) in [4.78, 5) is 0. The van der Waals surface area contributed by atoms with Crippen LogP contribution in [0.5, 0.6) is 5.75 Å². The molecular weight excluding hydrogens is 221 g/mol. The number of ether oxygens (including phenoxy) is 2. The van der Waals surface area contributed by atoms with E-state index in [2.05, 4.69) is 0 Å². The van der Waals surface area contributed by atoms with Gasteiger partial charge in [0.2, 0.25) is 0 Å². The molecule has 0 unspecified atom stereocenters. The predicted molar refractivity (Wildman–Crippen MR) is 63.4 cm³/mol. The van der Waals surface area contributed by atoms with Gasteiger partial charge in [0.15, 0.2) is 11.6 Å². The molecule has 0 bridgehead atoms. The largest absolute Gasteiger partial charge is 0.493 e. The van der Waals surface area contributed by atoms with E-state index in [1.54, 1.807) is 6.07 Å². The van der Waals surface area contributed by atoms with Crippen molar-refractivity contribution in [2.45, 2.75) is 18.9 Å². The molecule has 17 heavy (non-hydrogen) atoms. The second kappa shape index (κ2) is 5.47. The molecule has 0 aromatic heterocycles. The Bertz CT molecular complexity index is 378. The molecule has 3 nitrogen and oxygen atoms in total. The molecule has 0 radical (unpaired) electrons. The van der Waals surface area contributed by atoms with Gasteiger partial charge in [-0.1, -0.05) is 12.1 Å². The molecule has 0 aliphatic carbocycles. The molecule has 1 aliphatic heterocycles. The molecule has 2 N–H and O–H groups in total. The van der Waals surface area contributed by atoms with E-state index in [0.717, 1.165) is 31.6 Å². The van der Waals surface area contributed by atoms with Gasteiger partial charge in [0.05, 0.1) is 7.11 Å². The average Bonchev–Trinajstić information content (AvgIpc) is 2.38. The highest BCUT2D eigenvalue weighted by Crippen LogP contribution is 2.34. The number of rotatable bonds is 3. The minimum absolute atomic E-state index is 0.190. The van der Waals surface area contributed by atoms with Crippen LogP contribution in [-0.4, -0.2) is 20.3 Å². The van der Waals surface area contributed by atoms with Crippen molar-refractivity contribution < 1.29 is 13.9 Å². The summed E-state index contributed by atoms with van der Waals surface area (Å²) in [6.45, 7) is 1.46. The minimum atomic E-state index is -0.354. The maximum absolute atomic E-state index is 13.6. The topological polar surface area (TPSA) is 44.5 Å². The number of halogens is 1. The molecule has 1 saturated heterocycles. The van der Waals surface area contributed by atoms with Gasteiger partial charge in [0.1, 0.15) is 0 Å². The van der Waals surface area contributed by atoms with E-state index >= 15 is 0 Å². The number of hydrogen-bond acceptors (Lipinski definition) is 3. The fourth-order valence-electron chi connectivity index (χ4n) is 2.33. The molecule has 94 valence electrons. The van der Waals surface area contributed by atoms with Crippen LogP contribution in [0.4, 0.5) is 4.39 Å². The zero-order valence-electron chi connectivity index (χ0n) is 9.99. The van der Waals surface area contributed by atoms with E-state index in [-0.39, 0.29) is 17.6 Å². The van der Waals surface area contributed by atoms with E-state index in [4.69, 9.17) is 15.2 Å². The summed E-state index contributed by atoms with van der Waals surface area (Å²) in [5.41, 5.74) is 6.96. The lowest BCUT2D eigenvalue weighted by Crippen LogP contribution is -2.27. The second-order valence-corrected chi connectivity index (χ2v) is 4.34. The number of nitrogens with two attached hydrogens (primary N) is 1. The Labute approximate surface area is 101 Å². The highest BCUT2D eigenvalue weighted by Gasteiger charge is 2.25. The molecule has 1 heterocycles. The zero-order chi connectivity index (χ0) is 12.3. The van der Waals surface area contributed by atoms with Crippen molar-refractivity contribution in [3.05, 3.63) is 29.6 Å². The Hall–Kier alpha value is -1.13. The van der Waals surface area contributed by atoms with Crippen LogP contribution < -0.4 is 10.5 Å². The number of methoxy groups -OCH3 is 1. The Morgan fingerprint density at radius 3 is 2.76 bits per heavy atom. The third kappa shape index (κ3) is 2.58. The molecule has 1 fully saturated rings. The summed E-state index contributed by atoms with van der Waals surface area (Å²) in [5, 5.41) is 0. The van der Waals surface area contributed by atoms with Crippen molar-refractivity contribution >= 4 is 0 Å². The van der Waals surface area contributed by atoms with Gasteiger partial charge in [0.25, 0.3) is 0 Å². The first kappa shape index (κ1) is 12.3. The van der Waals surface area contributed by atoms with Gasteiger partial charge in [-0.25, -0.2) is 4.39 Å². The third-order valence-corrected chi connectivity index (χ3v) is 3.33. The van der Waals surface area contributed by atoms with E-state index in [0.29, 0.717) is 5.92 Å². The summed E-state index contributed by atoms with van der Waals surface area (Å²) in [5.74, 6) is 0.249. The fourth-order valence-corrected chi connectivity index (χ4v) is 2.33. The smallest absolute Gasteiger partial charge is 0.165 e. The van der Waals surface area contributed by atoms with Gasteiger partial charge >= 0.3 is 0 Å². The monoisotopic (exact) mass is 239 g/mol. The van der Waals surface area contributed by atoms with E-state index in [9.17, 15) is 4.39 Å². The second-order valence-electron chi connectivity index (χ2n) is 4.34. The first-order valence-corrected chi connectivity index (χ1v) is 5.89. The molecule has 4 heteroatoms. The van der Waals surface area contributed by atoms with Crippen LogP contribution in [0.2, 0.25) is 0 Å². The van der Waals surface area contributed by atoms with Crippen molar-refractivity contribution in [1.82, 2.24) is 0 Å². The first-order chi connectivity index (χ1) is 8.24. The van der Waals surface area contributed by atoms with Crippen LogP contribution in [0.25, 0.3) is 0 Å². The number of benzene rings is 1. The molecule has 2 rings (SSSR count). The maximum Gasteiger partial charge on any atom is 0.165 e. The molecule has 0 spiro atoms. The van der Waals surface area contributed by atoms with Crippen molar-refractivity contribution in [2.75, 3.05) is 20.3 Å². The highest BCUT2D eigenvalue weighted by atomic mass is 19.1. The van der Waals surface area contributed by atoms with Gasteiger partial charge < -0.3 is 15.2 Å². The van der Waals surface area contributed by atoms with E-state index < -0.39 is 0 Å². The highest BCUT2D eigenvalue weighted by molar-refractivity contribution is 5.37. The Morgan fingerprint density at radius 1 is 1.41 bits per heavy atom. The standard InChI is InChI=1S/C13H18FNO2/c1-16-13-10(3-2-4-11(13)14)12(15)9-5-7-17-8-6-9/h2-4,9,12H,5-8,15H2,1H3/t12-/m1/s1. The summed E-state index contributed by atoms with van der Waals surface area (Å²) in [6.07, 6.45) is 1.83. The maximum atomic E-state index is 13.6. The predicted octanol–water partition coefficient (Wildman–Crippen LogP) is 2.26. The molecule has 0 saturated carbocycles. The van der Waals surface area contributed by atoms with Crippen LogP contribution in [0.1, 0.15) is 24.4 Å². The summed E-state index contributed by atoms with van der Waals surface area (Å²) < 4.78 is 24.0. The van der Waals surface area contributed by atoms with Crippen molar-refractivity contribution in [2.24, 2.45) is 11.7 Å². The Balaban J connectivity index is 2.23. The molecular formula is C13H18FNO2. The minimum Gasteiger partial charge on any atom is -0.493 e. The van der Waals surface area contributed by atoms with Crippen LogP contribution in [0.15, 0.2) is 18.2 Å². The van der Waals surface area contributed by atoms with Gasteiger partial charge in [-0.2, -0.15) is 0 Å². The van der Waals surface area contributed by atoms with Gasteiger partial charge in [0, 0.05) is 24.8 Å². The number of hydrogen-bond donors (Lipinski definition) is 1. The molecule has 1 aromatic carbocycles. The third-order valence-electron chi connectivity index (χ3n) is 3.33. The molecule has 0 amide bonds. The Morgan fingerprint density at radius 2 is 2.12 bits per heavy atom. The summed E-state index contributed by atoms with van der Waals surface area (Å²) in [7, 11) is 1.47. The van der Waals surface area contributed by atoms with Crippen LogP contribution in [0.3, 0.4) is 0 Å². The normalized spacial score (nSPS) is 19.0.